The summed E-state index contributed by atoms with van der Waals surface area (Å²) in [5, 5.41) is 7.44. The topological polar surface area (TPSA) is 93.5 Å². The summed E-state index contributed by atoms with van der Waals surface area (Å²) < 4.78 is 30.8. The van der Waals surface area contributed by atoms with Gasteiger partial charge in [0.05, 0.1) is 30.8 Å². The van der Waals surface area contributed by atoms with Crippen molar-refractivity contribution in [3.05, 3.63) is 17.5 Å². The number of hydrogen-bond donors (Lipinski definition) is 1. The van der Waals surface area contributed by atoms with Crippen LogP contribution in [-0.2, 0) is 14.6 Å². The predicted octanol–water partition coefficient (Wildman–Crippen LogP) is 0.817. The first-order valence-electron chi connectivity index (χ1n) is 9.66. The van der Waals surface area contributed by atoms with Crippen LogP contribution in [0.3, 0.4) is 0 Å². The molecule has 2 unspecified atom stereocenters. The van der Waals surface area contributed by atoms with Gasteiger partial charge in [-0.1, -0.05) is 13.8 Å². The molecule has 0 bridgehead atoms. The Bertz CT molecular complexity index is 768. The molecule has 1 aromatic rings. The van der Waals surface area contributed by atoms with Crippen LogP contribution in [0.1, 0.15) is 55.3 Å². The summed E-state index contributed by atoms with van der Waals surface area (Å²) in [7, 11) is -3.01. The molecule has 0 aromatic carbocycles. The number of aromatic nitrogens is 2. The minimum atomic E-state index is -3.01. The lowest BCUT2D eigenvalue weighted by atomic mass is 10.1. The van der Waals surface area contributed by atoms with Gasteiger partial charge in [0.15, 0.2) is 9.84 Å². The van der Waals surface area contributed by atoms with E-state index in [1.165, 1.54) is 0 Å². The number of carbonyl (C=O) groups excluding carboxylic acids is 1. The molecule has 3 rings (SSSR count). The summed E-state index contributed by atoms with van der Waals surface area (Å²) in [6.07, 6.45) is 0.554. The first kappa shape index (κ1) is 20.3. The molecule has 27 heavy (non-hydrogen) atoms. The molecule has 2 atom stereocenters. The van der Waals surface area contributed by atoms with E-state index in [2.05, 4.69) is 22.2 Å². The Kier molecular flexibility index (Phi) is 6.22. The molecule has 2 aliphatic heterocycles. The summed E-state index contributed by atoms with van der Waals surface area (Å²) in [4.78, 5) is 14.9. The summed E-state index contributed by atoms with van der Waals surface area (Å²) in [5.41, 5.74) is 1.26. The van der Waals surface area contributed by atoms with Crippen molar-refractivity contribution in [2.24, 2.45) is 0 Å². The lowest BCUT2D eigenvalue weighted by Crippen LogP contribution is -2.47. The molecular formula is C18H30N4O4S. The number of morpholine rings is 1. The molecule has 1 aromatic heterocycles. The SMILES string of the molecule is CC(C)c1cc(C(=O)NCC(C)N2CCOCC2)nn1C1CCS(=O)(=O)C1. The third-order valence-corrected chi connectivity index (χ3v) is 7.12. The summed E-state index contributed by atoms with van der Waals surface area (Å²) >= 11 is 0. The smallest absolute Gasteiger partial charge is 0.271 e. The summed E-state index contributed by atoms with van der Waals surface area (Å²) in [5.74, 6) is 0.239. The molecule has 8 nitrogen and oxygen atoms in total. The molecule has 2 saturated heterocycles. The summed E-state index contributed by atoms with van der Waals surface area (Å²) in [6, 6.07) is 1.84. The standard InChI is InChI=1S/C18H30N4O4S/c1-13(2)17-10-16(20-22(17)15-4-9-27(24,25)12-15)18(23)19-11-14(3)21-5-7-26-8-6-21/h10,13-15H,4-9,11-12H2,1-3H3,(H,19,23). The molecule has 1 N–H and O–H groups in total. The Morgan fingerprint density at radius 1 is 1.33 bits per heavy atom. The lowest BCUT2D eigenvalue weighted by Gasteiger charge is -2.32. The molecule has 9 heteroatoms. The second kappa shape index (κ2) is 8.28. The van der Waals surface area contributed by atoms with Gasteiger partial charge in [0, 0.05) is 31.4 Å². The van der Waals surface area contributed by atoms with Crippen LogP contribution >= 0.6 is 0 Å². The quantitative estimate of drug-likeness (QED) is 0.762. The fraction of sp³-hybridized carbons (Fsp3) is 0.778. The first-order chi connectivity index (χ1) is 12.8. The number of hydrogen-bond acceptors (Lipinski definition) is 6. The van der Waals surface area contributed by atoms with Gasteiger partial charge in [-0.3, -0.25) is 14.4 Å². The largest absolute Gasteiger partial charge is 0.379 e. The second-order valence-corrected chi connectivity index (χ2v) is 10.0. The van der Waals surface area contributed by atoms with Gasteiger partial charge in [0.25, 0.3) is 5.91 Å². The average Bonchev–Trinajstić information content (AvgIpc) is 3.23. The highest BCUT2D eigenvalue weighted by Gasteiger charge is 2.32. The normalized spacial score (nSPS) is 24.2. The van der Waals surface area contributed by atoms with E-state index in [1.54, 1.807) is 10.7 Å². The Balaban J connectivity index is 1.67. The number of carbonyl (C=O) groups is 1. The van der Waals surface area contributed by atoms with Crippen molar-refractivity contribution in [3.8, 4) is 0 Å². The maximum Gasteiger partial charge on any atom is 0.271 e. The highest BCUT2D eigenvalue weighted by molar-refractivity contribution is 7.91. The van der Waals surface area contributed by atoms with Gasteiger partial charge >= 0.3 is 0 Å². The van der Waals surface area contributed by atoms with Crippen molar-refractivity contribution in [2.75, 3.05) is 44.4 Å². The number of sulfone groups is 1. The van der Waals surface area contributed by atoms with E-state index in [1.807, 2.05) is 13.8 Å². The molecule has 0 radical (unpaired) electrons. The lowest BCUT2D eigenvalue weighted by molar-refractivity contribution is 0.0204. The Morgan fingerprint density at radius 2 is 2.04 bits per heavy atom. The van der Waals surface area contributed by atoms with Crippen LogP contribution in [0.25, 0.3) is 0 Å². The van der Waals surface area contributed by atoms with Gasteiger partial charge in [-0.05, 0) is 25.3 Å². The first-order valence-corrected chi connectivity index (χ1v) is 11.5. The second-order valence-electron chi connectivity index (χ2n) is 7.82. The van der Waals surface area contributed by atoms with E-state index < -0.39 is 9.84 Å². The van der Waals surface area contributed by atoms with Gasteiger partial charge in [-0.2, -0.15) is 5.10 Å². The monoisotopic (exact) mass is 398 g/mol. The molecule has 152 valence electrons. The fourth-order valence-corrected chi connectivity index (χ4v) is 5.38. The maximum atomic E-state index is 12.6. The summed E-state index contributed by atoms with van der Waals surface area (Å²) in [6.45, 7) is 9.89. The van der Waals surface area contributed by atoms with Crippen LogP contribution in [0.2, 0.25) is 0 Å². The minimum absolute atomic E-state index is 0.101. The zero-order valence-electron chi connectivity index (χ0n) is 16.3. The van der Waals surface area contributed by atoms with Gasteiger partial charge in [0.1, 0.15) is 5.69 Å². The van der Waals surface area contributed by atoms with Crippen molar-refractivity contribution in [2.45, 2.75) is 45.2 Å². The molecule has 0 spiro atoms. The third kappa shape index (κ3) is 4.89. The average molecular weight is 399 g/mol. The molecule has 2 fully saturated rings. The minimum Gasteiger partial charge on any atom is -0.379 e. The van der Waals surface area contributed by atoms with E-state index in [0.29, 0.717) is 18.7 Å². The highest BCUT2D eigenvalue weighted by Crippen LogP contribution is 2.28. The number of rotatable bonds is 6. The van der Waals surface area contributed by atoms with Crippen molar-refractivity contribution in [1.82, 2.24) is 20.0 Å². The van der Waals surface area contributed by atoms with Crippen LogP contribution in [0.4, 0.5) is 0 Å². The van der Waals surface area contributed by atoms with Crippen LogP contribution in [0.5, 0.6) is 0 Å². The van der Waals surface area contributed by atoms with Crippen molar-refractivity contribution < 1.29 is 17.9 Å². The Hall–Kier alpha value is -1.45. The molecule has 3 heterocycles. The van der Waals surface area contributed by atoms with E-state index >= 15 is 0 Å². The number of nitrogens with one attached hydrogen (secondary N) is 1. The van der Waals surface area contributed by atoms with Crippen LogP contribution in [0.15, 0.2) is 6.07 Å². The fourth-order valence-electron chi connectivity index (χ4n) is 3.69. The van der Waals surface area contributed by atoms with E-state index in [9.17, 15) is 13.2 Å². The Labute approximate surface area is 161 Å². The maximum absolute atomic E-state index is 12.6. The van der Waals surface area contributed by atoms with Gasteiger partial charge in [-0.15, -0.1) is 0 Å². The van der Waals surface area contributed by atoms with E-state index in [-0.39, 0.29) is 35.4 Å². The van der Waals surface area contributed by atoms with Gasteiger partial charge in [-0.25, -0.2) is 8.42 Å². The van der Waals surface area contributed by atoms with Crippen LogP contribution in [-0.4, -0.2) is 79.4 Å². The van der Waals surface area contributed by atoms with Crippen LogP contribution < -0.4 is 5.32 Å². The van der Waals surface area contributed by atoms with Crippen molar-refractivity contribution in [1.29, 1.82) is 0 Å². The zero-order valence-corrected chi connectivity index (χ0v) is 17.2. The Morgan fingerprint density at radius 3 is 2.63 bits per heavy atom. The molecule has 1 amide bonds. The molecule has 0 aliphatic carbocycles. The van der Waals surface area contributed by atoms with Crippen LogP contribution in [0, 0.1) is 0 Å². The van der Waals surface area contributed by atoms with E-state index in [0.717, 1.165) is 32.0 Å². The number of amides is 1. The number of ether oxygens (including phenoxy) is 1. The third-order valence-electron chi connectivity index (χ3n) is 5.37. The predicted molar refractivity (Wildman–Crippen MR) is 103 cm³/mol. The highest BCUT2D eigenvalue weighted by atomic mass is 32.2. The van der Waals surface area contributed by atoms with Crippen molar-refractivity contribution in [3.63, 3.8) is 0 Å². The molecular weight excluding hydrogens is 368 g/mol. The molecule has 2 aliphatic rings. The molecule has 0 saturated carbocycles. The number of nitrogens with zero attached hydrogens (tertiary/aromatic N) is 3. The van der Waals surface area contributed by atoms with Crippen molar-refractivity contribution >= 4 is 15.7 Å². The van der Waals surface area contributed by atoms with E-state index in [4.69, 9.17) is 4.74 Å². The zero-order chi connectivity index (χ0) is 19.6. The van der Waals surface area contributed by atoms with Gasteiger partial charge < -0.3 is 10.1 Å². The van der Waals surface area contributed by atoms with Gasteiger partial charge in [0.2, 0.25) is 0 Å².